The molecule has 2 heterocycles. The van der Waals surface area contributed by atoms with Crippen molar-refractivity contribution in [2.75, 3.05) is 0 Å². The van der Waals surface area contributed by atoms with E-state index in [0.717, 1.165) is 44.5 Å². The fourth-order valence-corrected chi connectivity index (χ4v) is 6.32. The van der Waals surface area contributed by atoms with Gasteiger partial charge in [0.15, 0.2) is 0 Å². The second kappa shape index (κ2) is 9.92. The van der Waals surface area contributed by atoms with Gasteiger partial charge in [0.05, 0.1) is 21.5 Å². The normalized spacial score (nSPS) is 11.6. The molecule has 0 saturated carbocycles. The minimum absolute atomic E-state index is 0.0471. The van der Waals surface area contributed by atoms with Crippen LogP contribution in [0.4, 0.5) is 0 Å². The molecular weight excluding hydrogens is 544 g/mol. The predicted molar refractivity (Wildman–Crippen MR) is 179 cm³/mol. The van der Waals surface area contributed by atoms with Gasteiger partial charge in [0, 0.05) is 0 Å². The van der Waals surface area contributed by atoms with Crippen molar-refractivity contribution in [1.29, 1.82) is 0 Å². The van der Waals surface area contributed by atoms with E-state index in [0.29, 0.717) is 43.9 Å². The summed E-state index contributed by atoms with van der Waals surface area (Å²) in [5.41, 5.74) is 10.4. The van der Waals surface area contributed by atoms with Gasteiger partial charge >= 0.3 is 0 Å². The Morgan fingerprint density at radius 3 is 1.41 bits per heavy atom. The van der Waals surface area contributed by atoms with Crippen molar-refractivity contribution in [3.63, 3.8) is 0 Å². The summed E-state index contributed by atoms with van der Waals surface area (Å²) in [6.45, 7) is 4.18. The lowest BCUT2D eigenvalue weighted by atomic mass is 9.94. The highest BCUT2D eigenvalue weighted by atomic mass is 16.3. The SMILES string of the molecule is Cc1cccc(C)c1-c1ccc2oc3ccc(-c4cccc(-c5ccc6oc7ccccc7c(=O)c6c5)c4)cc3c(=O)c2c1. The van der Waals surface area contributed by atoms with E-state index in [2.05, 4.69) is 32.0 Å². The summed E-state index contributed by atoms with van der Waals surface area (Å²) in [7, 11) is 0. The molecule has 0 amide bonds. The first-order valence-corrected chi connectivity index (χ1v) is 14.6. The fraction of sp³-hybridized carbons (Fsp3) is 0.0500. The second-order valence-electron chi connectivity index (χ2n) is 11.3. The third-order valence-corrected chi connectivity index (χ3v) is 8.54. The summed E-state index contributed by atoms with van der Waals surface area (Å²) >= 11 is 0. The topological polar surface area (TPSA) is 60.4 Å². The largest absolute Gasteiger partial charge is 0.456 e. The molecule has 0 aliphatic rings. The molecule has 0 unspecified atom stereocenters. The smallest absolute Gasteiger partial charge is 0.200 e. The average molecular weight is 571 g/mol. The lowest BCUT2D eigenvalue weighted by Gasteiger charge is -2.11. The van der Waals surface area contributed by atoms with Crippen LogP contribution in [0.1, 0.15) is 11.1 Å². The quantitative estimate of drug-likeness (QED) is 0.198. The molecule has 210 valence electrons. The maximum atomic E-state index is 13.9. The van der Waals surface area contributed by atoms with Gasteiger partial charge in [-0.1, -0.05) is 66.7 Å². The first-order valence-electron chi connectivity index (χ1n) is 14.6. The van der Waals surface area contributed by atoms with Crippen LogP contribution in [0.15, 0.2) is 140 Å². The minimum Gasteiger partial charge on any atom is -0.456 e. The van der Waals surface area contributed by atoms with Gasteiger partial charge in [-0.2, -0.15) is 0 Å². The van der Waals surface area contributed by atoms with Gasteiger partial charge in [-0.3, -0.25) is 9.59 Å². The number of hydrogen-bond acceptors (Lipinski definition) is 4. The van der Waals surface area contributed by atoms with Crippen molar-refractivity contribution in [2.24, 2.45) is 0 Å². The molecule has 0 spiro atoms. The van der Waals surface area contributed by atoms with E-state index in [1.165, 1.54) is 0 Å². The maximum Gasteiger partial charge on any atom is 0.200 e. The van der Waals surface area contributed by atoms with Gasteiger partial charge in [-0.05, 0) is 113 Å². The second-order valence-corrected chi connectivity index (χ2v) is 11.3. The lowest BCUT2D eigenvalue weighted by Crippen LogP contribution is -2.03. The van der Waals surface area contributed by atoms with E-state index < -0.39 is 0 Å². The van der Waals surface area contributed by atoms with E-state index in [9.17, 15) is 9.59 Å². The van der Waals surface area contributed by atoms with E-state index >= 15 is 0 Å². The molecule has 0 bridgehead atoms. The van der Waals surface area contributed by atoms with Crippen LogP contribution in [0, 0.1) is 13.8 Å². The number of aryl methyl sites for hydroxylation is 2. The number of benzene rings is 6. The molecule has 4 nitrogen and oxygen atoms in total. The summed E-state index contributed by atoms with van der Waals surface area (Å²) in [4.78, 5) is 27.1. The van der Waals surface area contributed by atoms with Crippen LogP contribution in [-0.4, -0.2) is 0 Å². The monoisotopic (exact) mass is 570 g/mol. The first kappa shape index (κ1) is 25.9. The molecule has 8 rings (SSSR count). The van der Waals surface area contributed by atoms with Crippen LogP contribution in [0.5, 0.6) is 0 Å². The lowest BCUT2D eigenvalue weighted by molar-refractivity contribution is 0.659. The van der Waals surface area contributed by atoms with Gasteiger partial charge < -0.3 is 8.83 Å². The molecule has 0 aliphatic carbocycles. The molecule has 4 heteroatoms. The van der Waals surface area contributed by atoms with Crippen molar-refractivity contribution >= 4 is 43.9 Å². The van der Waals surface area contributed by atoms with Crippen LogP contribution < -0.4 is 10.9 Å². The molecule has 0 radical (unpaired) electrons. The van der Waals surface area contributed by atoms with Gasteiger partial charge in [0.25, 0.3) is 0 Å². The Morgan fingerprint density at radius 2 is 0.818 bits per heavy atom. The Hall–Kier alpha value is -5.74. The Morgan fingerprint density at radius 1 is 0.386 bits per heavy atom. The van der Waals surface area contributed by atoms with E-state index in [1.54, 1.807) is 6.07 Å². The van der Waals surface area contributed by atoms with Gasteiger partial charge in [0.1, 0.15) is 22.3 Å². The van der Waals surface area contributed by atoms with Crippen LogP contribution in [0.3, 0.4) is 0 Å². The summed E-state index contributed by atoms with van der Waals surface area (Å²) in [5, 5.41) is 2.21. The Bertz CT molecular complexity index is 2550. The molecule has 0 saturated heterocycles. The summed E-state index contributed by atoms with van der Waals surface area (Å²) < 4.78 is 12.2. The standard InChI is InChI=1S/C40H26O4/c1-23-7-5-8-24(2)38(23)29-15-18-37-33(22-29)40(42)32-21-28(14-17-36(32)44-37)26-10-6-9-25(19-26)27-13-16-35-31(20-27)39(41)30-11-3-4-12-34(30)43-35/h3-22H,1-2H3. The molecule has 0 atom stereocenters. The zero-order valence-corrected chi connectivity index (χ0v) is 24.2. The van der Waals surface area contributed by atoms with Gasteiger partial charge in [-0.15, -0.1) is 0 Å². The van der Waals surface area contributed by atoms with E-state index in [-0.39, 0.29) is 10.9 Å². The molecule has 44 heavy (non-hydrogen) atoms. The Balaban J connectivity index is 1.23. The van der Waals surface area contributed by atoms with Crippen LogP contribution in [0.2, 0.25) is 0 Å². The highest BCUT2D eigenvalue weighted by Gasteiger charge is 2.14. The predicted octanol–water partition coefficient (Wildman–Crippen LogP) is 9.82. The van der Waals surface area contributed by atoms with Gasteiger partial charge in [-0.25, -0.2) is 0 Å². The third-order valence-electron chi connectivity index (χ3n) is 8.54. The average Bonchev–Trinajstić information content (AvgIpc) is 3.05. The number of rotatable bonds is 3. The molecular formula is C40H26O4. The van der Waals surface area contributed by atoms with E-state index in [1.807, 2.05) is 97.1 Å². The Labute approximate surface area is 252 Å². The summed E-state index contributed by atoms with van der Waals surface area (Å²) in [6, 6.07) is 38.9. The van der Waals surface area contributed by atoms with E-state index in [4.69, 9.17) is 8.83 Å². The zero-order valence-electron chi connectivity index (χ0n) is 24.2. The maximum absolute atomic E-state index is 13.9. The van der Waals surface area contributed by atoms with Crippen molar-refractivity contribution in [1.82, 2.24) is 0 Å². The van der Waals surface area contributed by atoms with Crippen LogP contribution in [-0.2, 0) is 0 Å². The molecule has 0 fully saturated rings. The van der Waals surface area contributed by atoms with Crippen molar-refractivity contribution < 1.29 is 8.83 Å². The number of para-hydroxylation sites is 1. The van der Waals surface area contributed by atoms with Crippen molar-refractivity contribution in [2.45, 2.75) is 13.8 Å². The van der Waals surface area contributed by atoms with Crippen LogP contribution >= 0.6 is 0 Å². The Kier molecular flexibility index (Phi) is 5.85. The van der Waals surface area contributed by atoms with Crippen molar-refractivity contribution in [3.05, 3.63) is 153 Å². The third kappa shape index (κ3) is 4.15. The zero-order chi connectivity index (χ0) is 29.9. The molecule has 0 N–H and O–H groups in total. The first-order chi connectivity index (χ1) is 21.4. The fourth-order valence-electron chi connectivity index (χ4n) is 6.32. The highest BCUT2D eigenvalue weighted by molar-refractivity contribution is 5.95. The highest BCUT2D eigenvalue weighted by Crippen LogP contribution is 2.33. The number of fused-ring (bicyclic) bond motifs is 4. The molecule has 6 aromatic carbocycles. The summed E-state index contributed by atoms with van der Waals surface area (Å²) in [6.07, 6.45) is 0. The summed E-state index contributed by atoms with van der Waals surface area (Å²) in [5.74, 6) is 0. The number of hydrogen-bond donors (Lipinski definition) is 0. The molecule has 2 aromatic heterocycles. The minimum atomic E-state index is -0.0548. The van der Waals surface area contributed by atoms with Crippen LogP contribution in [0.25, 0.3) is 77.3 Å². The van der Waals surface area contributed by atoms with Gasteiger partial charge in [0.2, 0.25) is 10.9 Å². The molecule has 8 aromatic rings. The molecule has 0 aliphatic heterocycles. The van der Waals surface area contributed by atoms with Crippen molar-refractivity contribution in [3.8, 4) is 33.4 Å².